The van der Waals surface area contributed by atoms with Crippen LogP contribution < -0.4 is 4.90 Å². The fourth-order valence-electron chi connectivity index (χ4n) is 2.72. The van der Waals surface area contributed by atoms with E-state index in [9.17, 15) is 9.59 Å². The molecular formula is C21H19NO4. The molecule has 0 fully saturated rings. The normalized spacial score (nSPS) is 11.0. The lowest BCUT2D eigenvalue weighted by atomic mass is 10.1. The summed E-state index contributed by atoms with van der Waals surface area (Å²) >= 11 is 0. The average molecular weight is 349 g/mol. The first-order valence-electron chi connectivity index (χ1n) is 8.35. The lowest BCUT2D eigenvalue weighted by Crippen LogP contribution is -2.34. The number of carbonyl (C=O) groups excluding carboxylic acids is 2. The summed E-state index contributed by atoms with van der Waals surface area (Å²) in [5.41, 5.74) is 0.803. The number of benzene rings is 2. The van der Waals surface area contributed by atoms with E-state index in [1.165, 1.54) is 18.4 Å². The zero-order valence-corrected chi connectivity index (χ0v) is 14.4. The van der Waals surface area contributed by atoms with Gasteiger partial charge in [-0.25, -0.2) is 4.79 Å². The summed E-state index contributed by atoms with van der Waals surface area (Å²) in [6.07, 6.45) is 4.24. The molecule has 26 heavy (non-hydrogen) atoms. The molecule has 1 aromatic heterocycles. The molecule has 3 aromatic rings. The molecule has 0 aliphatic rings. The van der Waals surface area contributed by atoms with Crippen LogP contribution in [-0.2, 0) is 14.3 Å². The quantitative estimate of drug-likeness (QED) is 0.498. The number of fused-ring (bicyclic) bond motifs is 1. The van der Waals surface area contributed by atoms with Crippen LogP contribution in [0.1, 0.15) is 12.7 Å². The largest absolute Gasteiger partial charge is 0.465 e. The smallest absolute Gasteiger partial charge is 0.331 e. The van der Waals surface area contributed by atoms with Crippen molar-refractivity contribution in [2.75, 3.05) is 18.1 Å². The van der Waals surface area contributed by atoms with Crippen LogP contribution in [0.2, 0.25) is 0 Å². The van der Waals surface area contributed by atoms with E-state index in [0.29, 0.717) is 12.3 Å². The predicted molar refractivity (Wildman–Crippen MR) is 101 cm³/mol. The third kappa shape index (κ3) is 4.00. The first-order valence-corrected chi connectivity index (χ1v) is 8.35. The van der Waals surface area contributed by atoms with E-state index >= 15 is 0 Å². The molecule has 0 spiro atoms. The highest BCUT2D eigenvalue weighted by Crippen LogP contribution is 2.26. The molecule has 0 saturated carbocycles. The molecule has 0 aliphatic heterocycles. The molecule has 1 amide bonds. The molecule has 0 unspecified atom stereocenters. The minimum absolute atomic E-state index is 0.274. The van der Waals surface area contributed by atoms with Gasteiger partial charge in [-0.1, -0.05) is 36.4 Å². The minimum Gasteiger partial charge on any atom is -0.465 e. The number of amides is 1. The number of ether oxygens (including phenoxy) is 1. The van der Waals surface area contributed by atoms with Gasteiger partial charge in [0.1, 0.15) is 5.76 Å². The van der Waals surface area contributed by atoms with E-state index in [1.807, 2.05) is 49.4 Å². The third-order valence-electron chi connectivity index (χ3n) is 3.94. The first kappa shape index (κ1) is 17.5. The number of hydrogen-bond acceptors (Lipinski definition) is 4. The first-order chi connectivity index (χ1) is 12.7. The van der Waals surface area contributed by atoms with Crippen LogP contribution in [0.5, 0.6) is 0 Å². The monoisotopic (exact) mass is 349 g/mol. The summed E-state index contributed by atoms with van der Waals surface area (Å²) in [7, 11) is 0. The molecule has 0 aliphatic carbocycles. The SMILES string of the molecule is CCN(C(=O)COC(=O)C=Cc1ccco1)c1cccc2ccccc12. The van der Waals surface area contributed by atoms with Gasteiger partial charge < -0.3 is 14.1 Å². The van der Waals surface area contributed by atoms with Crippen LogP contribution in [0.15, 0.2) is 71.4 Å². The Balaban J connectivity index is 1.68. The molecule has 0 radical (unpaired) electrons. The number of furan rings is 1. The molecule has 1 heterocycles. The van der Waals surface area contributed by atoms with Gasteiger partial charge in [-0.15, -0.1) is 0 Å². The van der Waals surface area contributed by atoms with Gasteiger partial charge in [-0.3, -0.25) is 4.79 Å². The molecule has 3 rings (SSSR count). The van der Waals surface area contributed by atoms with Crippen LogP contribution in [0.3, 0.4) is 0 Å². The summed E-state index contributed by atoms with van der Waals surface area (Å²) in [5, 5.41) is 2.03. The Morgan fingerprint density at radius 1 is 1.08 bits per heavy atom. The van der Waals surface area contributed by atoms with Crippen LogP contribution in [-0.4, -0.2) is 25.0 Å². The lowest BCUT2D eigenvalue weighted by molar-refractivity contribution is -0.142. The van der Waals surface area contributed by atoms with Gasteiger partial charge in [0.05, 0.1) is 12.0 Å². The maximum atomic E-state index is 12.6. The van der Waals surface area contributed by atoms with Crippen molar-refractivity contribution < 1.29 is 18.7 Å². The fraction of sp³-hybridized carbons (Fsp3) is 0.143. The van der Waals surface area contributed by atoms with Crippen molar-refractivity contribution in [3.63, 3.8) is 0 Å². The molecule has 0 saturated heterocycles. The van der Waals surface area contributed by atoms with E-state index in [0.717, 1.165) is 16.5 Å². The number of nitrogens with zero attached hydrogens (tertiary/aromatic N) is 1. The van der Waals surface area contributed by atoms with Gasteiger partial charge >= 0.3 is 5.97 Å². The number of esters is 1. The Bertz CT molecular complexity index is 923. The topological polar surface area (TPSA) is 59.8 Å². The molecular weight excluding hydrogens is 330 g/mol. The van der Waals surface area contributed by atoms with Crippen molar-refractivity contribution in [2.45, 2.75) is 6.92 Å². The standard InChI is InChI=1S/C21H19NO4/c1-2-22(19-11-5-8-16-7-3-4-10-18(16)19)20(23)15-26-21(24)13-12-17-9-6-14-25-17/h3-14H,2,15H2,1H3. The van der Waals surface area contributed by atoms with Crippen molar-refractivity contribution in [3.05, 3.63) is 72.7 Å². The Morgan fingerprint density at radius 2 is 1.88 bits per heavy atom. The van der Waals surface area contributed by atoms with Crippen molar-refractivity contribution in [2.24, 2.45) is 0 Å². The maximum Gasteiger partial charge on any atom is 0.331 e. The summed E-state index contributed by atoms with van der Waals surface area (Å²) in [6, 6.07) is 17.1. The lowest BCUT2D eigenvalue weighted by Gasteiger charge is -2.22. The molecule has 0 N–H and O–H groups in total. The van der Waals surface area contributed by atoms with Gasteiger partial charge in [-0.05, 0) is 36.6 Å². The van der Waals surface area contributed by atoms with Gasteiger partial charge in [0.25, 0.3) is 5.91 Å². The number of rotatable bonds is 6. The van der Waals surface area contributed by atoms with E-state index < -0.39 is 5.97 Å². The van der Waals surface area contributed by atoms with E-state index in [4.69, 9.17) is 9.15 Å². The molecule has 132 valence electrons. The van der Waals surface area contributed by atoms with Crippen molar-refractivity contribution in [1.29, 1.82) is 0 Å². The average Bonchev–Trinajstić information content (AvgIpc) is 3.19. The van der Waals surface area contributed by atoms with Gasteiger partial charge in [0.15, 0.2) is 6.61 Å². The van der Waals surface area contributed by atoms with Crippen molar-refractivity contribution >= 4 is 34.4 Å². The molecule has 2 aromatic carbocycles. The summed E-state index contributed by atoms with van der Waals surface area (Å²) in [5.74, 6) is -0.327. The number of hydrogen-bond donors (Lipinski definition) is 0. The van der Waals surface area contributed by atoms with Crippen LogP contribution in [0.25, 0.3) is 16.8 Å². The molecule has 0 bridgehead atoms. The zero-order valence-electron chi connectivity index (χ0n) is 14.4. The second kappa shape index (κ2) is 8.16. The third-order valence-corrected chi connectivity index (χ3v) is 3.94. The summed E-state index contributed by atoms with van der Waals surface area (Å²) < 4.78 is 10.2. The van der Waals surface area contributed by atoms with Crippen LogP contribution >= 0.6 is 0 Å². The maximum absolute atomic E-state index is 12.6. The van der Waals surface area contributed by atoms with E-state index in [1.54, 1.807) is 17.0 Å². The predicted octanol–water partition coefficient (Wildman–Crippen LogP) is 4.04. The number of likely N-dealkylation sites (N-methyl/N-ethyl adjacent to an activating group) is 1. The fourth-order valence-corrected chi connectivity index (χ4v) is 2.72. The summed E-state index contributed by atoms with van der Waals surface area (Å²) in [6.45, 7) is 2.04. The van der Waals surface area contributed by atoms with Crippen molar-refractivity contribution in [3.8, 4) is 0 Å². The highest BCUT2D eigenvalue weighted by atomic mass is 16.5. The van der Waals surface area contributed by atoms with Gasteiger partial charge in [0, 0.05) is 18.0 Å². The summed E-state index contributed by atoms with van der Waals surface area (Å²) in [4.78, 5) is 26.0. The Morgan fingerprint density at radius 3 is 2.65 bits per heavy atom. The molecule has 5 nitrogen and oxygen atoms in total. The highest BCUT2D eigenvalue weighted by Gasteiger charge is 2.17. The second-order valence-electron chi connectivity index (χ2n) is 5.59. The molecule has 0 atom stereocenters. The highest BCUT2D eigenvalue weighted by molar-refractivity contribution is 6.04. The van der Waals surface area contributed by atoms with Crippen LogP contribution in [0, 0.1) is 0 Å². The number of anilines is 1. The number of carbonyl (C=O) groups is 2. The second-order valence-corrected chi connectivity index (χ2v) is 5.59. The Kier molecular flexibility index (Phi) is 5.49. The van der Waals surface area contributed by atoms with E-state index in [-0.39, 0.29) is 12.5 Å². The van der Waals surface area contributed by atoms with Crippen molar-refractivity contribution in [1.82, 2.24) is 0 Å². The molecule has 5 heteroatoms. The van der Waals surface area contributed by atoms with Gasteiger partial charge in [0.2, 0.25) is 0 Å². The van der Waals surface area contributed by atoms with Gasteiger partial charge in [-0.2, -0.15) is 0 Å². The minimum atomic E-state index is -0.594. The van der Waals surface area contributed by atoms with E-state index in [2.05, 4.69) is 0 Å². The zero-order chi connectivity index (χ0) is 18.4. The Labute approximate surface area is 151 Å². The Hall–Kier alpha value is -3.34. The van der Waals surface area contributed by atoms with Crippen LogP contribution in [0.4, 0.5) is 5.69 Å².